The molecule has 0 aliphatic heterocycles. The Morgan fingerprint density at radius 1 is 1.29 bits per heavy atom. The molecular formula is C18H20O3. The Balaban J connectivity index is 1.89. The van der Waals surface area contributed by atoms with Gasteiger partial charge in [0.25, 0.3) is 0 Å². The Bertz CT molecular complexity index is 652. The standard InChI is InChI=1S/C18H20O3/c1-18(2)14-10-15(18)16(20)8-12(14)5-4-11-6-7-13(19)9-17(11)21-3/h4-9,14-15,19H,10H2,1-3H3/b5-4+/t14-,15+/m1/s1. The van der Waals surface area contributed by atoms with Gasteiger partial charge in [0, 0.05) is 17.5 Å². The van der Waals surface area contributed by atoms with E-state index in [4.69, 9.17) is 4.74 Å². The van der Waals surface area contributed by atoms with Crippen LogP contribution in [0.4, 0.5) is 0 Å². The van der Waals surface area contributed by atoms with Gasteiger partial charge >= 0.3 is 0 Å². The Morgan fingerprint density at radius 2 is 2.05 bits per heavy atom. The lowest BCUT2D eigenvalue weighted by Crippen LogP contribution is -2.52. The Labute approximate surface area is 124 Å². The minimum Gasteiger partial charge on any atom is -0.508 e. The molecule has 0 aromatic heterocycles. The van der Waals surface area contributed by atoms with Crippen molar-refractivity contribution < 1.29 is 14.6 Å². The number of aromatic hydroxyl groups is 1. The van der Waals surface area contributed by atoms with Crippen LogP contribution in [0.25, 0.3) is 6.08 Å². The van der Waals surface area contributed by atoms with Crippen LogP contribution in [-0.2, 0) is 4.79 Å². The number of phenolic OH excluding ortho intramolecular Hbond substituents is 1. The fraction of sp³-hybridized carbons (Fsp3) is 0.389. The second kappa shape index (κ2) is 4.76. The van der Waals surface area contributed by atoms with Crippen LogP contribution in [0.3, 0.4) is 0 Å². The molecule has 2 atom stereocenters. The molecule has 0 amide bonds. The highest BCUT2D eigenvalue weighted by atomic mass is 16.5. The predicted molar refractivity (Wildman–Crippen MR) is 82.2 cm³/mol. The second-order valence-corrected chi connectivity index (χ2v) is 6.47. The van der Waals surface area contributed by atoms with Crippen LogP contribution in [0.1, 0.15) is 25.8 Å². The number of fused-ring (bicyclic) bond motifs is 1. The summed E-state index contributed by atoms with van der Waals surface area (Å²) in [7, 11) is 1.58. The van der Waals surface area contributed by atoms with Gasteiger partial charge in [-0.1, -0.05) is 26.0 Å². The van der Waals surface area contributed by atoms with Gasteiger partial charge in [0.05, 0.1) is 7.11 Å². The molecule has 3 aliphatic carbocycles. The first-order chi connectivity index (χ1) is 9.93. The summed E-state index contributed by atoms with van der Waals surface area (Å²) >= 11 is 0. The number of allylic oxidation sites excluding steroid dienone is 3. The zero-order valence-electron chi connectivity index (χ0n) is 12.6. The maximum Gasteiger partial charge on any atom is 0.159 e. The van der Waals surface area contributed by atoms with Crippen LogP contribution in [0.15, 0.2) is 35.9 Å². The third kappa shape index (κ3) is 2.17. The maximum absolute atomic E-state index is 12.1. The Morgan fingerprint density at radius 3 is 2.67 bits per heavy atom. The fourth-order valence-electron chi connectivity index (χ4n) is 3.53. The van der Waals surface area contributed by atoms with Crippen LogP contribution >= 0.6 is 0 Å². The van der Waals surface area contributed by atoms with Crippen LogP contribution in [0.2, 0.25) is 0 Å². The van der Waals surface area contributed by atoms with Gasteiger partial charge in [0.1, 0.15) is 11.5 Å². The van der Waals surface area contributed by atoms with Gasteiger partial charge < -0.3 is 9.84 Å². The molecule has 0 radical (unpaired) electrons. The van der Waals surface area contributed by atoms with Crippen LogP contribution < -0.4 is 4.74 Å². The van der Waals surface area contributed by atoms with Gasteiger partial charge in [-0.2, -0.15) is 0 Å². The van der Waals surface area contributed by atoms with E-state index < -0.39 is 0 Å². The molecule has 0 spiro atoms. The molecule has 21 heavy (non-hydrogen) atoms. The van der Waals surface area contributed by atoms with Crippen molar-refractivity contribution in [3.8, 4) is 11.5 Å². The van der Waals surface area contributed by atoms with E-state index in [0.717, 1.165) is 17.6 Å². The largest absolute Gasteiger partial charge is 0.508 e. The third-order valence-corrected chi connectivity index (χ3v) is 4.99. The highest BCUT2D eigenvalue weighted by Gasteiger charge is 2.54. The maximum atomic E-state index is 12.1. The molecule has 110 valence electrons. The number of phenols is 1. The number of rotatable bonds is 3. The molecule has 4 rings (SSSR count). The Hall–Kier alpha value is -2.03. The highest BCUT2D eigenvalue weighted by Crippen LogP contribution is 2.58. The first-order valence-electron chi connectivity index (χ1n) is 7.24. The normalized spacial score (nSPS) is 26.4. The van der Waals surface area contributed by atoms with Crippen molar-refractivity contribution in [2.24, 2.45) is 17.3 Å². The molecule has 2 bridgehead atoms. The van der Waals surface area contributed by atoms with Crippen molar-refractivity contribution in [3.05, 3.63) is 41.5 Å². The van der Waals surface area contributed by atoms with Gasteiger partial charge in [-0.05, 0) is 41.5 Å². The SMILES string of the molecule is COc1cc(O)ccc1/C=C/C1=CC(=O)[C@@H]2C[C@H]1C2(C)C. The average Bonchev–Trinajstić information content (AvgIpc) is 2.44. The summed E-state index contributed by atoms with van der Waals surface area (Å²) in [6, 6.07) is 5.03. The lowest BCUT2D eigenvalue weighted by molar-refractivity contribution is -0.133. The minimum absolute atomic E-state index is 0.0740. The molecular weight excluding hydrogens is 264 g/mol. The number of hydrogen-bond acceptors (Lipinski definition) is 3. The quantitative estimate of drug-likeness (QED) is 0.922. The van der Waals surface area contributed by atoms with E-state index in [0.29, 0.717) is 11.7 Å². The lowest BCUT2D eigenvalue weighted by Gasteiger charge is -2.54. The first kappa shape index (κ1) is 13.9. The highest BCUT2D eigenvalue weighted by molar-refractivity contribution is 5.96. The van der Waals surface area contributed by atoms with Gasteiger partial charge in [-0.25, -0.2) is 0 Å². The number of ketones is 1. The third-order valence-electron chi connectivity index (χ3n) is 4.99. The first-order valence-corrected chi connectivity index (χ1v) is 7.24. The number of benzene rings is 1. The topological polar surface area (TPSA) is 46.5 Å². The monoisotopic (exact) mass is 284 g/mol. The van der Waals surface area contributed by atoms with E-state index in [2.05, 4.69) is 13.8 Å². The molecule has 1 saturated carbocycles. The summed E-state index contributed by atoms with van der Waals surface area (Å²) in [6.07, 6.45) is 6.71. The van der Waals surface area contributed by atoms with Crippen molar-refractivity contribution in [2.45, 2.75) is 20.3 Å². The molecule has 3 aliphatic rings. The van der Waals surface area contributed by atoms with Crippen molar-refractivity contribution in [1.82, 2.24) is 0 Å². The molecule has 1 fully saturated rings. The van der Waals surface area contributed by atoms with Crippen LogP contribution in [0, 0.1) is 17.3 Å². The van der Waals surface area contributed by atoms with Crippen molar-refractivity contribution in [2.75, 3.05) is 7.11 Å². The van der Waals surface area contributed by atoms with E-state index in [1.165, 1.54) is 0 Å². The zero-order chi connectivity index (χ0) is 15.2. The summed E-state index contributed by atoms with van der Waals surface area (Å²) < 4.78 is 5.27. The number of methoxy groups -OCH3 is 1. The average molecular weight is 284 g/mol. The van der Waals surface area contributed by atoms with Gasteiger partial charge in [-0.3, -0.25) is 4.79 Å². The number of hydrogen-bond donors (Lipinski definition) is 1. The predicted octanol–water partition coefficient (Wildman–Crippen LogP) is 3.59. The van der Waals surface area contributed by atoms with E-state index in [-0.39, 0.29) is 22.9 Å². The summed E-state index contributed by atoms with van der Waals surface area (Å²) in [5, 5.41) is 9.48. The van der Waals surface area contributed by atoms with Crippen molar-refractivity contribution in [3.63, 3.8) is 0 Å². The molecule has 3 heteroatoms. The number of carbonyl (C=O) groups is 1. The molecule has 0 heterocycles. The summed E-state index contributed by atoms with van der Waals surface area (Å²) in [5.41, 5.74) is 2.07. The summed E-state index contributed by atoms with van der Waals surface area (Å²) in [6.45, 7) is 4.34. The molecule has 3 nitrogen and oxygen atoms in total. The van der Waals surface area contributed by atoms with E-state index in [9.17, 15) is 9.90 Å². The minimum atomic E-state index is 0.0740. The lowest BCUT2D eigenvalue weighted by atomic mass is 9.48. The number of ether oxygens (including phenoxy) is 1. The van der Waals surface area contributed by atoms with Gasteiger partial charge in [0.2, 0.25) is 0 Å². The second-order valence-electron chi connectivity index (χ2n) is 6.47. The zero-order valence-corrected chi connectivity index (χ0v) is 12.6. The van der Waals surface area contributed by atoms with Gasteiger partial charge in [-0.15, -0.1) is 0 Å². The van der Waals surface area contributed by atoms with Crippen molar-refractivity contribution in [1.29, 1.82) is 0 Å². The molecule has 1 aromatic carbocycles. The Kier molecular flexibility index (Phi) is 3.16. The fourth-order valence-corrected chi connectivity index (χ4v) is 3.53. The smallest absolute Gasteiger partial charge is 0.159 e. The van der Waals surface area contributed by atoms with E-state index >= 15 is 0 Å². The van der Waals surface area contributed by atoms with E-state index in [1.54, 1.807) is 25.3 Å². The molecule has 1 N–H and O–H groups in total. The molecule has 1 aromatic rings. The van der Waals surface area contributed by atoms with Crippen LogP contribution in [0.5, 0.6) is 11.5 Å². The van der Waals surface area contributed by atoms with Crippen molar-refractivity contribution >= 4 is 11.9 Å². The molecule has 0 unspecified atom stereocenters. The molecule has 0 saturated heterocycles. The summed E-state index contributed by atoms with van der Waals surface area (Å²) in [4.78, 5) is 12.1. The number of carbonyl (C=O) groups excluding carboxylic acids is 1. The van der Waals surface area contributed by atoms with Crippen LogP contribution in [-0.4, -0.2) is 18.0 Å². The summed E-state index contributed by atoms with van der Waals surface area (Å²) in [5.74, 6) is 1.71. The van der Waals surface area contributed by atoms with Gasteiger partial charge in [0.15, 0.2) is 5.78 Å². The van der Waals surface area contributed by atoms with E-state index in [1.807, 2.05) is 18.2 Å².